The van der Waals surface area contributed by atoms with Gasteiger partial charge in [0, 0.05) is 24.9 Å². The van der Waals surface area contributed by atoms with Gasteiger partial charge >= 0.3 is 6.09 Å². The molecule has 0 aliphatic carbocycles. The first kappa shape index (κ1) is 20.0. The second-order valence-electron chi connectivity index (χ2n) is 8.57. The fourth-order valence-electron chi connectivity index (χ4n) is 5.03. The van der Waals surface area contributed by atoms with Gasteiger partial charge in [0.05, 0.1) is 5.60 Å². The van der Waals surface area contributed by atoms with Gasteiger partial charge in [0.2, 0.25) is 0 Å². The smallest absolute Gasteiger partial charge is 0.410 e. The summed E-state index contributed by atoms with van der Waals surface area (Å²) in [6, 6.07) is 18.3. The van der Waals surface area contributed by atoms with Crippen LogP contribution >= 0.6 is 0 Å². The zero-order valence-electron chi connectivity index (χ0n) is 17.2. The van der Waals surface area contributed by atoms with Gasteiger partial charge < -0.3 is 14.7 Å². The first-order valence-electron chi connectivity index (χ1n) is 10.9. The van der Waals surface area contributed by atoms with Gasteiger partial charge in [-0.3, -0.25) is 0 Å². The molecule has 2 aliphatic heterocycles. The Morgan fingerprint density at radius 2 is 1.69 bits per heavy atom. The summed E-state index contributed by atoms with van der Waals surface area (Å²) in [7, 11) is 0. The number of aliphatic hydroxyl groups is 1. The van der Waals surface area contributed by atoms with E-state index in [1.165, 1.54) is 5.56 Å². The van der Waals surface area contributed by atoms with Crippen molar-refractivity contribution in [1.29, 1.82) is 0 Å². The Kier molecular flexibility index (Phi) is 5.91. The Morgan fingerprint density at radius 1 is 1.03 bits per heavy atom. The number of nitrogens with zero attached hydrogens (tertiary/aromatic N) is 1. The SMILES string of the molecule is CCCc1ccc(C2(O)CC3CCCC(C2)N3C(=O)OCc2ccccc2)cc1. The lowest BCUT2D eigenvalue weighted by atomic mass is 9.72. The number of amides is 1. The number of hydrogen-bond acceptors (Lipinski definition) is 3. The maximum Gasteiger partial charge on any atom is 0.410 e. The van der Waals surface area contributed by atoms with E-state index in [-0.39, 0.29) is 18.2 Å². The molecule has 4 nitrogen and oxygen atoms in total. The molecule has 0 aromatic heterocycles. The van der Waals surface area contributed by atoms with Gasteiger partial charge in [-0.05, 0) is 42.4 Å². The molecule has 2 fully saturated rings. The van der Waals surface area contributed by atoms with Crippen molar-refractivity contribution in [2.75, 3.05) is 0 Å². The maximum atomic E-state index is 12.9. The highest BCUT2D eigenvalue weighted by molar-refractivity contribution is 5.69. The molecular weight excluding hydrogens is 362 g/mol. The van der Waals surface area contributed by atoms with E-state index in [0.717, 1.165) is 43.2 Å². The van der Waals surface area contributed by atoms with Crippen LogP contribution in [-0.4, -0.2) is 28.2 Å². The van der Waals surface area contributed by atoms with E-state index < -0.39 is 5.60 Å². The molecule has 2 unspecified atom stereocenters. The fourth-order valence-corrected chi connectivity index (χ4v) is 5.03. The van der Waals surface area contributed by atoms with E-state index in [4.69, 9.17) is 4.74 Å². The number of carbonyl (C=O) groups is 1. The number of ether oxygens (including phenoxy) is 1. The molecular formula is C25H31NO3. The maximum absolute atomic E-state index is 12.9. The zero-order chi connectivity index (χ0) is 20.3. The molecule has 2 aromatic rings. The molecule has 2 heterocycles. The summed E-state index contributed by atoms with van der Waals surface area (Å²) in [6.45, 7) is 2.47. The molecule has 2 aliphatic rings. The Bertz CT molecular complexity index is 804. The van der Waals surface area contributed by atoms with Gasteiger partial charge in [-0.15, -0.1) is 0 Å². The number of rotatable bonds is 5. The van der Waals surface area contributed by atoms with Crippen molar-refractivity contribution in [3.8, 4) is 0 Å². The number of hydrogen-bond donors (Lipinski definition) is 1. The van der Waals surface area contributed by atoms with Gasteiger partial charge in [-0.25, -0.2) is 4.79 Å². The molecule has 2 saturated heterocycles. The average Bonchev–Trinajstić information content (AvgIpc) is 2.73. The highest BCUT2D eigenvalue weighted by Gasteiger charge is 2.48. The van der Waals surface area contributed by atoms with E-state index in [1.54, 1.807) is 0 Å². The minimum Gasteiger partial charge on any atom is -0.445 e. The van der Waals surface area contributed by atoms with Crippen LogP contribution in [0.1, 0.15) is 62.1 Å². The average molecular weight is 394 g/mol. The summed E-state index contributed by atoms with van der Waals surface area (Å²) in [4.78, 5) is 14.8. The zero-order valence-corrected chi connectivity index (χ0v) is 17.2. The molecule has 0 radical (unpaired) electrons. The first-order valence-corrected chi connectivity index (χ1v) is 10.9. The largest absolute Gasteiger partial charge is 0.445 e. The van der Waals surface area contributed by atoms with Crippen LogP contribution in [0, 0.1) is 0 Å². The van der Waals surface area contributed by atoms with Crippen molar-refractivity contribution in [2.24, 2.45) is 0 Å². The van der Waals surface area contributed by atoms with Crippen LogP contribution in [0.15, 0.2) is 54.6 Å². The summed E-state index contributed by atoms with van der Waals surface area (Å²) in [5.41, 5.74) is 2.41. The molecule has 1 N–H and O–H groups in total. The lowest BCUT2D eigenvalue weighted by Crippen LogP contribution is -2.58. The van der Waals surface area contributed by atoms with E-state index in [0.29, 0.717) is 19.4 Å². The minimum absolute atomic E-state index is 0.0334. The Hall–Kier alpha value is -2.33. The van der Waals surface area contributed by atoms with Gasteiger partial charge in [0.15, 0.2) is 0 Å². The second kappa shape index (κ2) is 8.58. The summed E-state index contributed by atoms with van der Waals surface area (Å²) >= 11 is 0. The van der Waals surface area contributed by atoms with Crippen LogP contribution in [0.2, 0.25) is 0 Å². The van der Waals surface area contributed by atoms with E-state index in [1.807, 2.05) is 35.2 Å². The normalized spacial score (nSPS) is 26.2. The van der Waals surface area contributed by atoms with Crippen molar-refractivity contribution >= 4 is 6.09 Å². The number of fused-ring (bicyclic) bond motifs is 2. The van der Waals surface area contributed by atoms with Gasteiger partial charge in [-0.2, -0.15) is 0 Å². The quantitative estimate of drug-likeness (QED) is 0.761. The minimum atomic E-state index is -0.864. The standard InChI is InChI=1S/C25H31NO3/c1-2-7-19-12-14-21(15-13-19)25(28)16-22-10-6-11-23(17-25)26(22)24(27)29-18-20-8-4-3-5-9-20/h3-5,8-9,12-15,22-23,28H,2,6-7,10-11,16-18H2,1H3. The third-order valence-electron chi connectivity index (χ3n) is 6.45. The van der Waals surface area contributed by atoms with Crippen LogP contribution in [-0.2, 0) is 23.4 Å². The van der Waals surface area contributed by atoms with Crippen LogP contribution < -0.4 is 0 Å². The highest BCUT2D eigenvalue weighted by Crippen LogP contribution is 2.44. The molecule has 29 heavy (non-hydrogen) atoms. The van der Waals surface area contributed by atoms with E-state index in [2.05, 4.69) is 31.2 Å². The lowest BCUT2D eigenvalue weighted by Gasteiger charge is -2.51. The summed E-state index contributed by atoms with van der Waals surface area (Å²) < 4.78 is 5.63. The molecule has 4 rings (SSSR count). The topological polar surface area (TPSA) is 49.8 Å². The van der Waals surface area contributed by atoms with Crippen LogP contribution in [0.4, 0.5) is 4.79 Å². The molecule has 2 aromatic carbocycles. The molecule has 1 amide bonds. The van der Waals surface area contributed by atoms with Crippen molar-refractivity contribution in [2.45, 2.75) is 76.2 Å². The predicted octanol–water partition coefficient (Wildman–Crippen LogP) is 5.18. The summed E-state index contributed by atoms with van der Waals surface area (Å²) in [5.74, 6) is 0. The number of carbonyl (C=O) groups excluding carboxylic acids is 1. The third kappa shape index (κ3) is 4.32. The summed E-state index contributed by atoms with van der Waals surface area (Å²) in [5, 5.41) is 11.5. The Labute approximate surface area is 173 Å². The van der Waals surface area contributed by atoms with Crippen LogP contribution in [0.3, 0.4) is 0 Å². The van der Waals surface area contributed by atoms with Crippen LogP contribution in [0.25, 0.3) is 0 Å². The molecule has 4 heteroatoms. The number of aryl methyl sites for hydroxylation is 1. The first-order chi connectivity index (χ1) is 14.1. The third-order valence-corrected chi connectivity index (χ3v) is 6.45. The molecule has 0 saturated carbocycles. The Morgan fingerprint density at radius 3 is 2.31 bits per heavy atom. The fraction of sp³-hybridized carbons (Fsp3) is 0.480. The molecule has 2 atom stereocenters. The summed E-state index contributed by atoms with van der Waals surface area (Å²) in [6.07, 6.45) is 6.04. The van der Waals surface area contributed by atoms with Crippen LogP contribution in [0.5, 0.6) is 0 Å². The van der Waals surface area contributed by atoms with Gasteiger partial charge in [0.1, 0.15) is 6.61 Å². The van der Waals surface area contributed by atoms with E-state index in [9.17, 15) is 9.90 Å². The van der Waals surface area contributed by atoms with Crippen molar-refractivity contribution in [3.05, 3.63) is 71.3 Å². The van der Waals surface area contributed by atoms with Gasteiger partial charge in [0.25, 0.3) is 0 Å². The van der Waals surface area contributed by atoms with Gasteiger partial charge in [-0.1, -0.05) is 67.9 Å². The molecule has 2 bridgehead atoms. The van der Waals surface area contributed by atoms with Crippen molar-refractivity contribution in [3.63, 3.8) is 0 Å². The number of piperidine rings is 2. The molecule has 154 valence electrons. The van der Waals surface area contributed by atoms with Crippen molar-refractivity contribution in [1.82, 2.24) is 4.90 Å². The Balaban J connectivity index is 1.46. The molecule has 0 spiro atoms. The number of benzene rings is 2. The monoisotopic (exact) mass is 393 g/mol. The van der Waals surface area contributed by atoms with Crippen molar-refractivity contribution < 1.29 is 14.6 Å². The lowest BCUT2D eigenvalue weighted by molar-refractivity contribution is -0.0896. The predicted molar refractivity (Wildman–Crippen MR) is 113 cm³/mol. The second-order valence-corrected chi connectivity index (χ2v) is 8.57. The van der Waals surface area contributed by atoms with E-state index >= 15 is 0 Å². The highest BCUT2D eigenvalue weighted by atomic mass is 16.6.